The van der Waals surface area contributed by atoms with E-state index in [1.807, 2.05) is 12.3 Å². The average Bonchev–Trinajstić information content (AvgIpc) is 3.14. The molecule has 2 aromatic heterocycles. The van der Waals surface area contributed by atoms with Gasteiger partial charge in [0.25, 0.3) is 0 Å². The predicted octanol–water partition coefficient (Wildman–Crippen LogP) is 3.96. The summed E-state index contributed by atoms with van der Waals surface area (Å²) in [7, 11) is 0. The number of nitrogens with one attached hydrogen (secondary N) is 1. The fourth-order valence-electron chi connectivity index (χ4n) is 2.05. The summed E-state index contributed by atoms with van der Waals surface area (Å²) in [5.41, 5.74) is 0.965. The van der Waals surface area contributed by atoms with E-state index in [4.69, 9.17) is 4.42 Å². The average molecular weight is 349 g/mol. The molecule has 1 amide bonds. The van der Waals surface area contributed by atoms with Crippen LogP contribution in [0.25, 0.3) is 11.3 Å². The normalized spacial score (nSPS) is 10.8. The maximum absolute atomic E-state index is 13.7. The topological polar surface area (TPSA) is 68.0 Å². The number of aryl methyl sites for hydroxylation is 2. The number of carbonyl (C=O) groups is 1. The number of halogens is 2. The van der Waals surface area contributed by atoms with Crippen molar-refractivity contribution in [3.63, 3.8) is 0 Å². The Balaban J connectivity index is 1.60. The number of carbonyl (C=O) groups excluding carboxylic acids is 1. The molecule has 0 saturated heterocycles. The number of hydrogen-bond donors (Lipinski definition) is 1. The lowest BCUT2D eigenvalue weighted by Crippen LogP contribution is -2.12. The number of nitrogens with zero attached hydrogens (tertiary/aromatic N) is 2. The number of oxazole rings is 1. The highest BCUT2D eigenvalue weighted by Gasteiger charge is 2.13. The van der Waals surface area contributed by atoms with Gasteiger partial charge in [-0.15, -0.1) is 11.3 Å². The molecule has 1 N–H and O–H groups in total. The van der Waals surface area contributed by atoms with E-state index in [9.17, 15) is 13.6 Å². The van der Waals surface area contributed by atoms with Crippen LogP contribution >= 0.6 is 11.3 Å². The van der Waals surface area contributed by atoms with Gasteiger partial charge in [-0.2, -0.15) is 0 Å². The molecule has 124 valence electrons. The molecule has 8 heteroatoms. The van der Waals surface area contributed by atoms with Crippen LogP contribution in [0.5, 0.6) is 0 Å². The summed E-state index contributed by atoms with van der Waals surface area (Å²) in [6, 6.07) is 3.21. The molecule has 0 bridgehead atoms. The fraction of sp³-hybridized carbons (Fsp3) is 0.188. The van der Waals surface area contributed by atoms with E-state index >= 15 is 0 Å². The van der Waals surface area contributed by atoms with Crippen LogP contribution in [0.15, 0.2) is 34.2 Å². The van der Waals surface area contributed by atoms with Gasteiger partial charge in [0, 0.05) is 24.3 Å². The summed E-state index contributed by atoms with van der Waals surface area (Å²) in [6.45, 7) is 1.84. The van der Waals surface area contributed by atoms with Gasteiger partial charge in [0.1, 0.15) is 11.6 Å². The van der Waals surface area contributed by atoms with Crippen LogP contribution < -0.4 is 5.32 Å². The number of benzene rings is 1. The molecule has 0 atom stereocenters. The van der Waals surface area contributed by atoms with Crippen molar-refractivity contribution in [1.82, 2.24) is 9.97 Å². The first-order chi connectivity index (χ1) is 11.5. The van der Waals surface area contributed by atoms with Crippen LogP contribution in [0.1, 0.15) is 18.0 Å². The first-order valence-corrected chi connectivity index (χ1v) is 8.01. The van der Waals surface area contributed by atoms with Gasteiger partial charge in [0.2, 0.25) is 5.91 Å². The van der Waals surface area contributed by atoms with Gasteiger partial charge < -0.3 is 9.73 Å². The highest BCUT2D eigenvalue weighted by molar-refractivity contribution is 7.13. The Hall–Kier alpha value is -2.61. The van der Waals surface area contributed by atoms with Crippen LogP contribution in [0.3, 0.4) is 0 Å². The second kappa shape index (κ2) is 6.88. The summed E-state index contributed by atoms with van der Waals surface area (Å²) in [6.07, 6.45) is 1.78. The van der Waals surface area contributed by atoms with Crippen molar-refractivity contribution in [2.75, 3.05) is 5.32 Å². The Morgan fingerprint density at radius 1 is 1.38 bits per heavy atom. The molecule has 24 heavy (non-hydrogen) atoms. The lowest BCUT2D eigenvalue weighted by molar-refractivity contribution is -0.116. The quantitative estimate of drug-likeness (QED) is 0.757. The molecule has 0 fully saturated rings. The smallest absolute Gasteiger partial charge is 0.226 e. The molecule has 0 aliphatic carbocycles. The molecule has 3 aromatic rings. The second-order valence-corrected chi connectivity index (χ2v) is 5.94. The van der Waals surface area contributed by atoms with Crippen LogP contribution in [-0.2, 0) is 11.2 Å². The third-order valence-electron chi connectivity index (χ3n) is 3.18. The fourth-order valence-corrected chi connectivity index (χ4v) is 2.76. The Morgan fingerprint density at radius 2 is 2.21 bits per heavy atom. The van der Waals surface area contributed by atoms with Crippen molar-refractivity contribution in [3.8, 4) is 11.3 Å². The van der Waals surface area contributed by atoms with Crippen molar-refractivity contribution >= 4 is 22.4 Å². The molecule has 0 aliphatic rings. The summed E-state index contributed by atoms with van der Waals surface area (Å²) in [4.78, 5) is 20.0. The largest absolute Gasteiger partial charge is 0.441 e. The summed E-state index contributed by atoms with van der Waals surface area (Å²) >= 11 is 1.35. The highest BCUT2D eigenvalue weighted by atomic mass is 32.1. The maximum atomic E-state index is 13.7. The van der Waals surface area contributed by atoms with Gasteiger partial charge in [0.15, 0.2) is 16.8 Å². The van der Waals surface area contributed by atoms with E-state index in [2.05, 4.69) is 15.3 Å². The number of anilines is 1. The van der Waals surface area contributed by atoms with E-state index in [0.717, 1.165) is 17.8 Å². The number of hydrogen-bond acceptors (Lipinski definition) is 5. The maximum Gasteiger partial charge on any atom is 0.226 e. The molecule has 3 rings (SSSR count). The Bertz CT molecular complexity index is 876. The number of thiazole rings is 1. The number of amides is 1. The molecule has 0 aliphatic heterocycles. The van der Waals surface area contributed by atoms with Crippen molar-refractivity contribution in [2.45, 2.75) is 19.8 Å². The Morgan fingerprint density at radius 3 is 2.92 bits per heavy atom. The van der Waals surface area contributed by atoms with Crippen LogP contribution in [0, 0.1) is 18.6 Å². The Labute approximate surface area is 140 Å². The molecular formula is C16H13F2N3O2S. The van der Waals surface area contributed by atoms with Gasteiger partial charge in [-0.05, 0) is 19.1 Å². The second-order valence-electron chi connectivity index (χ2n) is 5.08. The van der Waals surface area contributed by atoms with E-state index in [0.29, 0.717) is 11.0 Å². The third-order valence-corrected chi connectivity index (χ3v) is 4.06. The molecule has 2 heterocycles. The molecule has 0 unspecified atom stereocenters. The summed E-state index contributed by atoms with van der Waals surface area (Å²) < 4.78 is 32.1. The predicted molar refractivity (Wildman–Crippen MR) is 85.7 cm³/mol. The number of rotatable bonds is 5. The monoisotopic (exact) mass is 349 g/mol. The van der Waals surface area contributed by atoms with Crippen LogP contribution in [-0.4, -0.2) is 15.9 Å². The zero-order valence-electron chi connectivity index (χ0n) is 12.7. The van der Waals surface area contributed by atoms with Gasteiger partial charge in [-0.3, -0.25) is 4.79 Å². The minimum Gasteiger partial charge on any atom is -0.441 e. The first kappa shape index (κ1) is 16.3. The molecule has 5 nitrogen and oxygen atoms in total. The van der Waals surface area contributed by atoms with E-state index in [-0.39, 0.29) is 30.1 Å². The first-order valence-electron chi connectivity index (χ1n) is 7.13. The van der Waals surface area contributed by atoms with Gasteiger partial charge in [0.05, 0.1) is 17.5 Å². The lowest BCUT2D eigenvalue weighted by Gasteiger charge is -2.00. The zero-order chi connectivity index (χ0) is 17.1. The molecule has 0 saturated carbocycles. The minimum absolute atomic E-state index is 0.123. The van der Waals surface area contributed by atoms with Gasteiger partial charge in [-0.1, -0.05) is 0 Å². The van der Waals surface area contributed by atoms with E-state index in [1.54, 1.807) is 0 Å². The van der Waals surface area contributed by atoms with Crippen LogP contribution in [0.2, 0.25) is 0 Å². The molecule has 1 aromatic carbocycles. The molecular weight excluding hydrogens is 336 g/mol. The zero-order valence-corrected chi connectivity index (χ0v) is 13.5. The lowest BCUT2D eigenvalue weighted by atomic mass is 10.2. The van der Waals surface area contributed by atoms with Crippen molar-refractivity contribution in [1.29, 1.82) is 0 Å². The van der Waals surface area contributed by atoms with Crippen molar-refractivity contribution in [2.24, 2.45) is 0 Å². The summed E-state index contributed by atoms with van der Waals surface area (Å²) in [5, 5.41) is 5.07. The molecule has 0 radical (unpaired) electrons. The SMILES string of the molecule is Cc1csc(NC(=O)CCc2ncc(-c3ccc(F)cc3F)o2)n1. The summed E-state index contributed by atoms with van der Waals surface area (Å²) in [5.74, 6) is -1.10. The van der Waals surface area contributed by atoms with Gasteiger partial charge >= 0.3 is 0 Å². The standard InChI is InChI=1S/C16H13F2N3O2S/c1-9-8-24-16(20-9)21-14(22)4-5-15-19-7-13(23-15)11-3-2-10(17)6-12(11)18/h2-3,6-8H,4-5H2,1H3,(H,20,21,22). The van der Waals surface area contributed by atoms with Crippen molar-refractivity contribution in [3.05, 3.63) is 53.0 Å². The molecule has 0 spiro atoms. The van der Waals surface area contributed by atoms with E-state index < -0.39 is 11.6 Å². The third kappa shape index (κ3) is 3.83. The Kier molecular flexibility index (Phi) is 4.66. The van der Waals surface area contributed by atoms with Crippen LogP contribution in [0.4, 0.5) is 13.9 Å². The van der Waals surface area contributed by atoms with Gasteiger partial charge in [-0.25, -0.2) is 18.7 Å². The minimum atomic E-state index is -0.727. The van der Waals surface area contributed by atoms with Crippen molar-refractivity contribution < 1.29 is 18.0 Å². The van der Waals surface area contributed by atoms with E-state index in [1.165, 1.54) is 23.6 Å². The highest BCUT2D eigenvalue weighted by Crippen LogP contribution is 2.24. The number of aromatic nitrogens is 2.